The van der Waals surface area contributed by atoms with Crippen molar-refractivity contribution in [3.63, 3.8) is 0 Å². The van der Waals surface area contributed by atoms with Crippen LogP contribution in [0.3, 0.4) is 0 Å². The Morgan fingerprint density at radius 3 is 2.38 bits per heavy atom. The fraction of sp³-hybridized carbons (Fsp3) is 0.565. The summed E-state index contributed by atoms with van der Waals surface area (Å²) in [5.74, 6) is -0.980. The van der Waals surface area contributed by atoms with Crippen LogP contribution in [0.15, 0.2) is 39.7 Å². The summed E-state index contributed by atoms with van der Waals surface area (Å²) in [6.07, 6.45) is -1.84. The molecule has 186 valence electrons. The average molecular weight is 500 g/mol. The standard InChI is InChI=1S/C23H28F3N3O4S/c1-14-12-28(20-7-5-17(11-27-20)23(24,25)26)13-15(2)29(14)34(32,33)18-6-4-16-8-9-22(3,21(30)31)19(16)10-18/h4-6,10-11,14-15,20H,7-9,12-13H2,1-3H3,(H,30,31)/t14-,15+,20?,22?. The third kappa shape index (κ3) is 4.18. The maximum atomic E-state index is 13.6. The molecule has 0 saturated carbocycles. The number of piperazine rings is 1. The van der Waals surface area contributed by atoms with Crippen molar-refractivity contribution in [2.24, 2.45) is 4.99 Å². The third-order valence-corrected chi connectivity index (χ3v) is 9.29. The van der Waals surface area contributed by atoms with E-state index in [1.807, 2.05) is 4.90 Å². The van der Waals surface area contributed by atoms with Gasteiger partial charge >= 0.3 is 12.1 Å². The van der Waals surface area contributed by atoms with Crippen molar-refractivity contribution >= 4 is 22.2 Å². The van der Waals surface area contributed by atoms with Crippen molar-refractivity contribution in [1.82, 2.24) is 9.21 Å². The molecular weight excluding hydrogens is 471 g/mol. The Bertz CT molecular complexity index is 1150. The van der Waals surface area contributed by atoms with E-state index < -0.39 is 51.4 Å². The summed E-state index contributed by atoms with van der Waals surface area (Å²) in [7, 11) is -3.93. The van der Waals surface area contributed by atoms with E-state index in [1.54, 1.807) is 26.8 Å². The van der Waals surface area contributed by atoms with Crippen molar-refractivity contribution in [2.45, 2.75) is 74.8 Å². The number of dihydropyridines is 1. The number of halogens is 3. The van der Waals surface area contributed by atoms with E-state index in [2.05, 4.69) is 4.99 Å². The van der Waals surface area contributed by atoms with Gasteiger partial charge in [0, 0.05) is 37.8 Å². The van der Waals surface area contributed by atoms with Gasteiger partial charge in [-0.25, -0.2) is 8.42 Å². The molecule has 1 fully saturated rings. The van der Waals surface area contributed by atoms with Gasteiger partial charge in [0.25, 0.3) is 0 Å². The molecule has 1 aromatic carbocycles. The highest BCUT2D eigenvalue weighted by molar-refractivity contribution is 7.89. The lowest BCUT2D eigenvalue weighted by atomic mass is 9.84. The van der Waals surface area contributed by atoms with Crippen molar-refractivity contribution in [3.05, 3.63) is 41.0 Å². The Kier molecular flexibility index (Phi) is 6.19. The number of aliphatic carboxylic acids is 1. The van der Waals surface area contributed by atoms with Gasteiger partial charge in [0.05, 0.1) is 15.9 Å². The normalized spacial score (nSPS) is 30.8. The Morgan fingerprint density at radius 2 is 1.85 bits per heavy atom. The van der Waals surface area contributed by atoms with Crippen LogP contribution in [0.4, 0.5) is 13.2 Å². The molecule has 7 nitrogen and oxygen atoms in total. The van der Waals surface area contributed by atoms with Gasteiger partial charge in [0.2, 0.25) is 10.0 Å². The summed E-state index contributed by atoms with van der Waals surface area (Å²) >= 11 is 0. The zero-order chi connectivity index (χ0) is 25.1. The zero-order valence-corrected chi connectivity index (χ0v) is 20.0. The summed E-state index contributed by atoms with van der Waals surface area (Å²) in [6, 6.07) is 3.82. The molecule has 1 aliphatic carbocycles. The third-order valence-electron chi connectivity index (χ3n) is 7.17. The number of aryl methyl sites for hydroxylation is 1. The maximum Gasteiger partial charge on any atom is 0.417 e. The van der Waals surface area contributed by atoms with Crippen LogP contribution < -0.4 is 0 Å². The second-order valence-corrected chi connectivity index (χ2v) is 11.4. The number of carbonyl (C=O) groups is 1. The van der Waals surface area contributed by atoms with Crippen LogP contribution in [0, 0.1) is 0 Å². The Morgan fingerprint density at radius 1 is 1.21 bits per heavy atom. The van der Waals surface area contributed by atoms with Gasteiger partial charge in [-0.1, -0.05) is 12.1 Å². The van der Waals surface area contributed by atoms with Gasteiger partial charge in [-0.3, -0.25) is 14.7 Å². The first-order valence-electron chi connectivity index (χ1n) is 11.2. The van der Waals surface area contributed by atoms with Crippen molar-refractivity contribution < 1.29 is 31.5 Å². The molecule has 4 atom stereocenters. The summed E-state index contributed by atoms with van der Waals surface area (Å²) in [5, 5.41) is 9.72. The molecule has 0 bridgehead atoms. The highest BCUT2D eigenvalue weighted by Crippen LogP contribution is 2.41. The Labute approximate surface area is 197 Å². The predicted molar refractivity (Wildman–Crippen MR) is 120 cm³/mol. The number of aliphatic imine (C=N–C) groups is 1. The largest absolute Gasteiger partial charge is 0.481 e. The SMILES string of the molecule is C[C@@H]1CN(C2CC=C(C(F)(F)F)C=N2)C[C@H](C)N1S(=O)(=O)c1ccc2c(c1)C(C)(C(=O)O)CC2. The molecule has 0 aromatic heterocycles. The smallest absolute Gasteiger partial charge is 0.417 e. The fourth-order valence-electron chi connectivity index (χ4n) is 5.32. The summed E-state index contributed by atoms with van der Waals surface area (Å²) < 4.78 is 67.3. The van der Waals surface area contributed by atoms with Crippen molar-refractivity contribution in [3.8, 4) is 0 Å². The van der Waals surface area contributed by atoms with Crippen LogP contribution >= 0.6 is 0 Å². The van der Waals surface area contributed by atoms with Crippen LogP contribution in [-0.2, 0) is 26.7 Å². The molecule has 1 saturated heterocycles. The molecule has 3 aliphatic rings. The number of carboxylic acids is 1. The van der Waals surface area contributed by atoms with Crippen molar-refractivity contribution in [2.75, 3.05) is 13.1 Å². The number of hydrogen-bond acceptors (Lipinski definition) is 5. The molecule has 0 radical (unpaired) electrons. The minimum Gasteiger partial charge on any atom is -0.481 e. The topological polar surface area (TPSA) is 90.3 Å². The predicted octanol–water partition coefficient (Wildman–Crippen LogP) is 3.35. The van der Waals surface area contributed by atoms with Crippen molar-refractivity contribution in [1.29, 1.82) is 0 Å². The molecule has 2 heterocycles. The highest BCUT2D eigenvalue weighted by atomic mass is 32.2. The maximum absolute atomic E-state index is 13.6. The average Bonchev–Trinajstić information content (AvgIpc) is 3.10. The number of sulfonamides is 1. The monoisotopic (exact) mass is 499 g/mol. The van der Waals surface area contributed by atoms with Gasteiger partial charge in [-0.2, -0.15) is 17.5 Å². The number of carboxylic acid groups (broad SMARTS) is 1. The quantitative estimate of drug-likeness (QED) is 0.686. The first kappa shape index (κ1) is 24.9. The summed E-state index contributed by atoms with van der Waals surface area (Å²) in [6.45, 7) is 5.78. The van der Waals surface area contributed by atoms with Gasteiger partial charge < -0.3 is 5.11 Å². The highest BCUT2D eigenvalue weighted by Gasteiger charge is 2.44. The lowest BCUT2D eigenvalue weighted by molar-refractivity contribution is -0.143. The number of benzene rings is 1. The van der Waals surface area contributed by atoms with Crippen LogP contribution in [-0.4, -0.2) is 72.4 Å². The number of allylic oxidation sites excluding steroid dienone is 1. The second kappa shape index (κ2) is 8.46. The molecule has 2 aliphatic heterocycles. The van der Waals surface area contributed by atoms with E-state index in [4.69, 9.17) is 0 Å². The van der Waals surface area contributed by atoms with Crippen LogP contribution in [0.1, 0.15) is 44.7 Å². The first-order valence-corrected chi connectivity index (χ1v) is 12.6. The lowest BCUT2D eigenvalue weighted by Gasteiger charge is -2.45. The van der Waals surface area contributed by atoms with Gasteiger partial charge in [0.15, 0.2) is 0 Å². The van der Waals surface area contributed by atoms with E-state index in [1.165, 1.54) is 16.4 Å². The van der Waals surface area contributed by atoms with Crippen LogP contribution in [0.2, 0.25) is 0 Å². The zero-order valence-electron chi connectivity index (χ0n) is 19.2. The summed E-state index contributed by atoms with van der Waals surface area (Å²) in [4.78, 5) is 17.9. The Hall–Kier alpha value is -2.24. The van der Waals surface area contributed by atoms with E-state index >= 15 is 0 Å². The molecule has 0 spiro atoms. The van der Waals surface area contributed by atoms with Gasteiger partial charge in [0.1, 0.15) is 6.17 Å². The molecule has 1 aromatic rings. The number of rotatable bonds is 4. The molecule has 11 heteroatoms. The van der Waals surface area contributed by atoms with E-state index in [0.717, 1.165) is 17.9 Å². The van der Waals surface area contributed by atoms with Crippen LogP contribution in [0.5, 0.6) is 0 Å². The summed E-state index contributed by atoms with van der Waals surface area (Å²) in [5.41, 5.74) is -0.519. The molecule has 34 heavy (non-hydrogen) atoms. The number of nitrogens with zero attached hydrogens (tertiary/aromatic N) is 3. The first-order chi connectivity index (χ1) is 15.7. The number of fused-ring (bicyclic) bond motifs is 1. The van der Waals surface area contributed by atoms with E-state index in [-0.39, 0.29) is 11.3 Å². The Balaban J connectivity index is 1.55. The molecule has 4 rings (SSSR count). The second-order valence-electron chi connectivity index (χ2n) is 9.59. The molecule has 0 amide bonds. The molecule has 1 N–H and O–H groups in total. The fourth-order valence-corrected chi connectivity index (χ4v) is 7.15. The van der Waals surface area contributed by atoms with Gasteiger partial charge in [-0.15, -0.1) is 0 Å². The number of alkyl halides is 3. The molecular formula is C23H28F3N3O4S. The van der Waals surface area contributed by atoms with E-state index in [0.29, 0.717) is 31.5 Å². The lowest BCUT2D eigenvalue weighted by Crippen LogP contribution is -2.60. The minimum atomic E-state index is -4.44. The molecule has 2 unspecified atom stereocenters. The van der Waals surface area contributed by atoms with Crippen LogP contribution in [0.25, 0.3) is 0 Å². The number of hydrogen-bond donors (Lipinski definition) is 1. The van der Waals surface area contributed by atoms with Gasteiger partial charge in [-0.05, 0) is 56.9 Å². The minimum absolute atomic E-state index is 0.0567. The van der Waals surface area contributed by atoms with E-state index in [9.17, 15) is 31.5 Å².